The van der Waals surface area contributed by atoms with Gasteiger partial charge in [-0.2, -0.15) is 11.3 Å². The van der Waals surface area contributed by atoms with Crippen LogP contribution in [0.2, 0.25) is 0 Å². The summed E-state index contributed by atoms with van der Waals surface area (Å²) in [4.78, 5) is 0. The van der Waals surface area contributed by atoms with Crippen molar-refractivity contribution in [1.29, 1.82) is 0 Å². The number of hydrogen-bond acceptors (Lipinski definition) is 3. The summed E-state index contributed by atoms with van der Waals surface area (Å²) in [7, 11) is 0. The molecule has 0 saturated carbocycles. The van der Waals surface area contributed by atoms with Crippen LogP contribution in [0, 0.1) is 0 Å². The van der Waals surface area contributed by atoms with Crippen molar-refractivity contribution in [3.8, 4) is 5.75 Å². The van der Waals surface area contributed by atoms with Gasteiger partial charge in [0.1, 0.15) is 12.4 Å². The first-order valence-corrected chi connectivity index (χ1v) is 8.46. The minimum Gasteiger partial charge on any atom is -0.492 e. The van der Waals surface area contributed by atoms with Crippen LogP contribution in [-0.4, -0.2) is 19.7 Å². The minimum atomic E-state index is 0.114. The first kappa shape index (κ1) is 16.1. The molecule has 1 heterocycles. The van der Waals surface area contributed by atoms with Gasteiger partial charge in [-0.05, 0) is 52.4 Å². The van der Waals surface area contributed by atoms with Crippen molar-refractivity contribution in [2.24, 2.45) is 0 Å². The molecule has 0 aliphatic rings. The standard InChI is InChI=1S/C18H25NOS/c1-18(2,3)16-6-4-5-7-17(16)20-12-11-19-10-8-15-9-13-21-14-15/h4-7,9,13-14,19H,8,10-12H2,1-3H3. The van der Waals surface area contributed by atoms with Gasteiger partial charge in [0.05, 0.1) is 0 Å². The third-order valence-corrected chi connectivity index (χ3v) is 4.13. The van der Waals surface area contributed by atoms with Gasteiger partial charge < -0.3 is 10.1 Å². The molecule has 2 nitrogen and oxygen atoms in total. The number of benzene rings is 1. The zero-order valence-corrected chi connectivity index (χ0v) is 14.0. The van der Waals surface area contributed by atoms with Gasteiger partial charge in [-0.25, -0.2) is 0 Å². The van der Waals surface area contributed by atoms with Gasteiger partial charge in [-0.1, -0.05) is 39.0 Å². The summed E-state index contributed by atoms with van der Waals surface area (Å²) < 4.78 is 5.94. The lowest BCUT2D eigenvalue weighted by atomic mass is 9.86. The van der Waals surface area contributed by atoms with Gasteiger partial charge in [0.25, 0.3) is 0 Å². The summed E-state index contributed by atoms with van der Waals surface area (Å²) >= 11 is 1.76. The highest BCUT2D eigenvalue weighted by molar-refractivity contribution is 7.07. The summed E-state index contributed by atoms with van der Waals surface area (Å²) in [6, 6.07) is 10.5. The lowest BCUT2D eigenvalue weighted by molar-refractivity contribution is 0.306. The van der Waals surface area contributed by atoms with Crippen LogP contribution < -0.4 is 10.1 Å². The quantitative estimate of drug-likeness (QED) is 0.772. The minimum absolute atomic E-state index is 0.114. The molecule has 0 unspecified atom stereocenters. The van der Waals surface area contributed by atoms with Crippen molar-refractivity contribution in [2.45, 2.75) is 32.6 Å². The monoisotopic (exact) mass is 303 g/mol. The maximum atomic E-state index is 5.94. The molecule has 0 amide bonds. The first-order chi connectivity index (χ1) is 10.1. The molecule has 1 aromatic heterocycles. The summed E-state index contributed by atoms with van der Waals surface area (Å²) in [5.41, 5.74) is 2.79. The summed E-state index contributed by atoms with van der Waals surface area (Å²) in [5, 5.41) is 7.76. The first-order valence-electron chi connectivity index (χ1n) is 7.51. The predicted molar refractivity (Wildman–Crippen MR) is 91.5 cm³/mol. The highest BCUT2D eigenvalue weighted by atomic mass is 32.1. The third-order valence-electron chi connectivity index (χ3n) is 3.40. The Balaban J connectivity index is 1.71. The number of ether oxygens (including phenoxy) is 1. The van der Waals surface area contributed by atoms with Crippen LogP contribution >= 0.6 is 11.3 Å². The van der Waals surface area contributed by atoms with Crippen LogP contribution in [0.25, 0.3) is 0 Å². The Kier molecular flexibility index (Phi) is 5.83. The Morgan fingerprint density at radius 1 is 1.10 bits per heavy atom. The molecule has 21 heavy (non-hydrogen) atoms. The number of nitrogens with one attached hydrogen (secondary N) is 1. The molecule has 1 N–H and O–H groups in total. The van der Waals surface area contributed by atoms with Crippen molar-refractivity contribution in [2.75, 3.05) is 19.7 Å². The molecule has 0 aliphatic heterocycles. The van der Waals surface area contributed by atoms with E-state index in [1.54, 1.807) is 11.3 Å². The highest BCUT2D eigenvalue weighted by Crippen LogP contribution is 2.30. The van der Waals surface area contributed by atoms with Gasteiger partial charge in [0.2, 0.25) is 0 Å². The molecule has 114 valence electrons. The van der Waals surface area contributed by atoms with E-state index in [0.29, 0.717) is 6.61 Å². The van der Waals surface area contributed by atoms with E-state index >= 15 is 0 Å². The molecule has 0 atom stereocenters. The fourth-order valence-corrected chi connectivity index (χ4v) is 2.94. The van der Waals surface area contributed by atoms with Crippen LogP contribution in [0.1, 0.15) is 31.9 Å². The molecule has 0 spiro atoms. The van der Waals surface area contributed by atoms with E-state index in [-0.39, 0.29) is 5.41 Å². The topological polar surface area (TPSA) is 21.3 Å². The summed E-state index contributed by atoms with van der Waals surface area (Å²) in [6.07, 6.45) is 1.09. The Bertz CT molecular complexity index is 528. The summed E-state index contributed by atoms with van der Waals surface area (Å²) in [5.74, 6) is 1.00. The van der Waals surface area contributed by atoms with Crippen LogP contribution in [-0.2, 0) is 11.8 Å². The Morgan fingerprint density at radius 2 is 1.90 bits per heavy atom. The molecule has 0 bridgehead atoms. The molecule has 1 aromatic carbocycles. The Hall–Kier alpha value is -1.32. The number of rotatable bonds is 7. The van der Waals surface area contributed by atoms with E-state index in [9.17, 15) is 0 Å². The molecule has 0 radical (unpaired) electrons. The molecule has 0 fully saturated rings. The number of para-hydroxylation sites is 1. The normalized spacial score (nSPS) is 11.6. The van der Waals surface area contributed by atoms with E-state index < -0.39 is 0 Å². The average molecular weight is 303 g/mol. The molecule has 0 saturated heterocycles. The Morgan fingerprint density at radius 3 is 2.62 bits per heavy atom. The van der Waals surface area contributed by atoms with E-state index in [1.165, 1.54) is 11.1 Å². The fourth-order valence-electron chi connectivity index (χ4n) is 2.24. The maximum absolute atomic E-state index is 5.94. The molecular weight excluding hydrogens is 278 g/mol. The highest BCUT2D eigenvalue weighted by Gasteiger charge is 2.18. The molecule has 0 aliphatic carbocycles. The predicted octanol–water partition coefficient (Wildman–Crippen LogP) is 4.26. The van der Waals surface area contributed by atoms with Crippen LogP contribution in [0.4, 0.5) is 0 Å². The second-order valence-corrected chi connectivity index (χ2v) is 7.01. The third kappa shape index (κ3) is 5.18. The number of hydrogen-bond donors (Lipinski definition) is 1. The van der Waals surface area contributed by atoms with E-state index in [2.05, 4.69) is 61.1 Å². The van der Waals surface area contributed by atoms with Crippen LogP contribution in [0.5, 0.6) is 5.75 Å². The average Bonchev–Trinajstić information content (AvgIpc) is 2.95. The zero-order chi connectivity index (χ0) is 15.1. The van der Waals surface area contributed by atoms with E-state index in [1.807, 2.05) is 6.07 Å². The largest absolute Gasteiger partial charge is 0.492 e. The molecule has 2 rings (SSSR count). The second-order valence-electron chi connectivity index (χ2n) is 6.23. The SMILES string of the molecule is CC(C)(C)c1ccccc1OCCNCCc1ccsc1. The van der Waals surface area contributed by atoms with Gasteiger partial charge in [0.15, 0.2) is 0 Å². The Labute approximate surface area is 132 Å². The van der Waals surface area contributed by atoms with Crippen LogP contribution in [0.3, 0.4) is 0 Å². The van der Waals surface area contributed by atoms with Crippen molar-refractivity contribution >= 4 is 11.3 Å². The molecule has 2 aromatic rings. The van der Waals surface area contributed by atoms with Crippen molar-refractivity contribution in [3.63, 3.8) is 0 Å². The maximum Gasteiger partial charge on any atom is 0.123 e. The van der Waals surface area contributed by atoms with Gasteiger partial charge in [0, 0.05) is 6.54 Å². The fraction of sp³-hybridized carbons (Fsp3) is 0.444. The zero-order valence-electron chi connectivity index (χ0n) is 13.2. The number of thiophene rings is 1. The van der Waals surface area contributed by atoms with E-state index in [0.717, 1.165) is 25.3 Å². The van der Waals surface area contributed by atoms with Crippen molar-refractivity contribution in [3.05, 3.63) is 52.2 Å². The van der Waals surface area contributed by atoms with Crippen LogP contribution in [0.15, 0.2) is 41.1 Å². The van der Waals surface area contributed by atoms with Crippen molar-refractivity contribution in [1.82, 2.24) is 5.32 Å². The lowest BCUT2D eigenvalue weighted by Gasteiger charge is -2.22. The smallest absolute Gasteiger partial charge is 0.123 e. The van der Waals surface area contributed by atoms with Crippen molar-refractivity contribution < 1.29 is 4.74 Å². The lowest BCUT2D eigenvalue weighted by Crippen LogP contribution is -2.24. The van der Waals surface area contributed by atoms with E-state index in [4.69, 9.17) is 4.74 Å². The van der Waals surface area contributed by atoms with Gasteiger partial charge >= 0.3 is 0 Å². The molecular formula is C18H25NOS. The molecule has 3 heteroatoms. The van der Waals surface area contributed by atoms with Gasteiger partial charge in [-0.15, -0.1) is 0 Å². The second kappa shape index (κ2) is 7.62. The summed E-state index contributed by atoms with van der Waals surface area (Å²) in [6.45, 7) is 9.23. The van der Waals surface area contributed by atoms with Gasteiger partial charge in [-0.3, -0.25) is 0 Å².